The lowest BCUT2D eigenvalue weighted by molar-refractivity contribution is 0.157. The van der Waals surface area contributed by atoms with Gasteiger partial charge in [0.05, 0.1) is 5.69 Å². The third kappa shape index (κ3) is 1.53. The molecule has 0 saturated heterocycles. The Hall–Kier alpha value is -1.19. The molecule has 0 saturated carbocycles. The zero-order valence-electron chi connectivity index (χ0n) is 9.97. The Balaban J connectivity index is 2.28. The fourth-order valence-electron chi connectivity index (χ4n) is 2.49. The second-order valence-electron chi connectivity index (χ2n) is 4.42. The molecule has 0 aromatic heterocycles. The summed E-state index contributed by atoms with van der Waals surface area (Å²) in [6.07, 6.45) is 0. The van der Waals surface area contributed by atoms with Crippen LogP contribution in [0.3, 0.4) is 0 Å². The monoisotopic (exact) mass is 245 g/mol. The summed E-state index contributed by atoms with van der Waals surface area (Å²) in [5.41, 5.74) is 1.14. The van der Waals surface area contributed by atoms with E-state index in [9.17, 15) is 5.11 Å². The van der Waals surface area contributed by atoms with Gasteiger partial charge in [-0.3, -0.25) is 0 Å². The maximum absolute atomic E-state index is 10.4. The standard InChI is InChI=1S/C14H15NOS/c1-3-15-12-9-8-10-6-4-5-7-11(10)13(12)17-14(15,2)16/h4-9,16H,3H2,1-2H3. The van der Waals surface area contributed by atoms with Crippen molar-refractivity contribution in [3.05, 3.63) is 36.4 Å². The summed E-state index contributed by atoms with van der Waals surface area (Å²) in [7, 11) is 0. The Kier molecular flexibility index (Phi) is 2.35. The Morgan fingerprint density at radius 3 is 2.76 bits per heavy atom. The number of anilines is 1. The average molecular weight is 245 g/mol. The first kappa shape index (κ1) is 10.9. The average Bonchev–Trinajstić information content (AvgIpc) is 2.59. The maximum Gasteiger partial charge on any atom is 0.188 e. The Morgan fingerprint density at radius 2 is 2.00 bits per heavy atom. The van der Waals surface area contributed by atoms with Gasteiger partial charge < -0.3 is 10.0 Å². The number of rotatable bonds is 1. The van der Waals surface area contributed by atoms with Crippen molar-refractivity contribution in [3.63, 3.8) is 0 Å². The van der Waals surface area contributed by atoms with Gasteiger partial charge in [0.15, 0.2) is 5.06 Å². The molecule has 1 atom stereocenters. The molecule has 2 aromatic carbocycles. The van der Waals surface area contributed by atoms with Gasteiger partial charge in [-0.05, 0) is 30.7 Å². The van der Waals surface area contributed by atoms with Crippen LogP contribution in [0.15, 0.2) is 41.3 Å². The van der Waals surface area contributed by atoms with E-state index in [4.69, 9.17) is 0 Å². The number of hydrogen-bond donors (Lipinski definition) is 1. The van der Waals surface area contributed by atoms with E-state index in [1.807, 2.05) is 24.0 Å². The second-order valence-corrected chi connectivity index (χ2v) is 5.80. The van der Waals surface area contributed by atoms with Crippen LogP contribution in [0.1, 0.15) is 13.8 Å². The summed E-state index contributed by atoms with van der Waals surface area (Å²) in [6.45, 7) is 4.74. The molecule has 1 heterocycles. The lowest BCUT2D eigenvalue weighted by Gasteiger charge is -2.29. The number of thioether (sulfide) groups is 1. The summed E-state index contributed by atoms with van der Waals surface area (Å²) in [5, 5.41) is 12.0. The highest BCUT2D eigenvalue weighted by molar-refractivity contribution is 8.01. The molecular weight excluding hydrogens is 230 g/mol. The largest absolute Gasteiger partial charge is 0.362 e. The predicted octanol–water partition coefficient (Wildman–Crippen LogP) is 3.44. The fraction of sp³-hybridized carbons (Fsp3) is 0.286. The highest BCUT2D eigenvalue weighted by atomic mass is 32.2. The van der Waals surface area contributed by atoms with Gasteiger partial charge in [0.25, 0.3) is 0 Å². The van der Waals surface area contributed by atoms with Gasteiger partial charge >= 0.3 is 0 Å². The van der Waals surface area contributed by atoms with Gasteiger partial charge in [-0.2, -0.15) is 0 Å². The summed E-state index contributed by atoms with van der Waals surface area (Å²) < 4.78 is 0. The van der Waals surface area contributed by atoms with E-state index in [0.29, 0.717) is 0 Å². The van der Waals surface area contributed by atoms with E-state index < -0.39 is 5.06 Å². The minimum absolute atomic E-state index is 0.811. The van der Waals surface area contributed by atoms with Crippen LogP contribution in [0, 0.1) is 0 Å². The van der Waals surface area contributed by atoms with Crippen LogP contribution in [-0.2, 0) is 0 Å². The number of benzene rings is 2. The van der Waals surface area contributed by atoms with Crippen LogP contribution >= 0.6 is 11.8 Å². The van der Waals surface area contributed by atoms with Gasteiger partial charge in [-0.1, -0.05) is 42.1 Å². The van der Waals surface area contributed by atoms with Gasteiger partial charge in [-0.25, -0.2) is 0 Å². The van der Waals surface area contributed by atoms with Gasteiger partial charge in [-0.15, -0.1) is 0 Å². The maximum atomic E-state index is 10.4. The summed E-state index contributed by atoms with van der Waals surface area (Å²) >= 11 is 1.54. The fourth-order valence-corrected chi connectivity index (χ4v) is 3.79. The Labute approximate surface area is 105 Å². The third-order valence-corrected chi connectivity index (χ3v) is 4.50. The first-order valence-corrected chi connectivity index (χ1v) is 6.66. The molecule has 1 N–H and O–H groups in total. The summed E-state index contributed by atoms with van der Waals surface area (Å²) in [6, 6.07) is 12.6. The molecule has 0 fully saturated rings. The van der Waals surface area contributed by atoms with E-state index in [-0.39, 0.29) is 0 Å². The molecule has 1 aliphatic rings. The molecule has 0 amide bonds. The van der Waals surface area contributed by atoms with Crippen LogP contribution < -0.4 is 4.90 Å². The molecule has 3 heteroatoms. The molecule has 1 aliphatic heterocycles. The molecule has 0 spiro atoms. The van der Waals surface area contributed by atoms with E-state index >= 15 is 0 Å². The van der Waals surface area contributed by atoms with Crippen molar-refractivity contribution in [3.8, 4) is 0 Å². The van der Waals surface area contributed by atoms with Gasteiger partial charge in [0, 0.05) is 11.4 Å². The Morgan fingerprint density at radius 1 is 1.24 bits per heavy atom. The molecule has 88 valence electrons. The summed E-state index contributed by atoms with van der Waals surface area (Å²) in [5.74, 6) is 0. The van der Waals surface area contributed by atoms with E-state index in [1.54, 1.807) is 0 Å². The van der Waals surface area contributed by atoms with Crippen molar-refractivity contribution in [2.24, 2.45) is 0 Å². The minimum Gasteiger partial charge on any atom is -0.362 e. The van der Waals surface area contributed by atoms with Crippen LogP contribution in [-0.4, -0.2) is 16.7 Å². The molecule has 1 unspecified atom stereocenters. The summed E-state index contributed by atoms with van der Waals surface area (Å²) in [4.78, 5) is 3.23. The highest BCUT2D eigenvalue weighted by Crippen LogP contribution is 2.51. The molecule has 0 radical (unpaired) electrons. The first-order chi connectivity index (χ1) is 8.13. The van der Waals surface area contributed by atoms with Crippen molar-refractivity contribution in [1.29, 1.82) is 0 Å². The lowest BCUT2D eigenvalue weighted by Crippen LogP contribution is -2.40. The highest BCUT2D eigenvalue weighted by Gasteiger charge is 2.38. The molecule has 17 heavy (non-hydrogen) atoms. The molecule has 2 nitrogen and oxygen atoms in total. The normalized spacial score (nSPS) is 23.1. The topological polar surface area (TPSA) is 23.5 Å². The molecule has 3 rings (SSSR count). The van der Waals surface area contributed by atoms with Crippen LogP contribution in [0.4, 0.5) is 5.69 Å². The molecular formula is C14H15NOS. The molecule has 0 bridgehead atoms. The second kappa shape index (κ2) is 3.65. The first-order valence-electron chi connectivity index (χ1n) is 5.84. The van der Waals surface area contributed by atoms with Crippen molar-refractivity contribution < 1.29 is 5.11 Å². The molecule has 0 aliphatic carbocycles. The van der Waals surface area contributed by atoms with Crippen molar-refractivity contribution in [1.82, 2.24) is 0 Å². The van der Waals surface area contributed by atoms with Gasteiger partial charge in [0.1, 0.15) is 0 Å². The zero-order chi connectivity index (χ0) is 12.0. The van der Waals surface area contributed by atoms with Crippen LogP contribution in [0.5, 0.6) is 0 Å². The lowest BCUT2D eigenvalue weighted by atomic mass is 10.1. The number of hydrogen-bond acceptors (Lipinski definition) is 3. The van der Waals surface area contributed by atoms with E-state index in [2.05, 4.69) is 31.2 Å². The SMILES string of the molecule is CCN1c2ccc3ccccc3c2SC1(C)O. The van der Waals surface area contributed by atoms with Crippen molar-refractivity contribution >= 4 is 28.2 Å². The predicted molar refractivity (Wildman–Crippen MR) is 73.4 cm³/mol. The van der Waals surface area contributed by atoms with Crippen molar-refractivity contribution in [2.45, 2.75) is 23.8 Å². The quantitative estimate of drug-likeness (QED) is 0.832. The van der Waals surface area contributed by atoms with Crippen LogP contribution in [0.2, 0.25) is 0 Å². The van der Waals surface area contributed by atoms with Crippen molar-refractivity contribution in [2.75, 3.05) is 11.4 Å². The minimum atomic E-state index is -0.832. The number of nitrogens with zero attached hydrogens (tertiary/aromatic N) is 1. The van der Waals surface area contributed by atoms with E-state index in [1.165, 1.54) is 27.4 Å². The van der Waals surface area contributed by atoms with Crippen LogP contribution in [0.25, 0.3) is 10.8 Å². The van der Waals surface area contributed by atoms with Gasteiger partial charge in [0.2, 0.25) is 0 Å². The van der Waals surface area contributed by atoms with E-state index in [0.717, 1.165) is 12.2 Å². The number of fused-ring (bicyclic) bond motifs is 3. The smallest absolute Gasteiger partial charge is 0.188 e. The number of aliphatic hydroxyl groups is 1. The zero-order valence-corrected chi connectivity index (χ0v) is 10.8. The molecule has 2 aromatic rings. The third-order valence-electron chi connectivity index (χ3n) is 3.26. The Bertz CT molecular complexity index is 579.